The van der Waals surface area contributed by atoms with Gasteiger partial charge in [0.05, 0.1) is 12.7 Å². The van der Waals surface area contributed by atoms with Crippen molar-refractivity contribution in [3.8, 4) is 5.75 Å². The van der Waals surface area contributed by atoms with E-state index < -0.39 is 10.8 Å². The zero-order valence-electron chi connectivity index (χ0n) is 11.3. The van der Waals surface area contributed by atoms with E-state index in [2.05, 4.69) is 5.32 Å². The first kappa shape index (κ1) is 14.3. The lowest BCUT2D eigenvalue weighted by molar-refractivity contribution is 0.102. The Morgan fingerprint density at radius 2 is 1.90 bits per heavy atom. The van der Waals surface area contributed by atoms with Gasteiger partial charge in [-0.05, 0) is 30.3 Å². The largest absolute Gasteiger partial charge is 0.496 e. The molecule has 0 heterocycles. The second kappa shape index (κ2) is 6.34. The fraction of sp³-hybridized carbons (Fsp3) is 0.133. The van der Waals surface area contributed by atoms with E-state index in [9.17, 15) is 9.00 Å². The smallest absolute Gasteiger partial charge is 0.259 e. The minimum absolute atomic E-state index is 0.263. The van der Waals surface area contributed by atoms with Crippen LogP contribution in [-0.4, -0.2) is 23.5 Å². The molecule has 0 saturated heterocycles. The molecular formula is C15H15NO3S. The number of ether oxygens (including phenoxy) is 1. The van der Waals surface area contributed by atoms with Crippen LogP contribution in [0.5, 0.6) is 5.75 Å². The van der Waals surface area contributed by atoms with Gasteiger partial charge in [-0.15, -0.1) is 0 Å². The first-order chi connectivity index (χ1) is 9.61. The van der Waals surface area contributed by atoms with Crippen molar-refractivity contribution in [2.24, 2.45) is 0 Å². The second-order valence-corrected chi connectivity index (χ2v) is 5.52. The molecule has 1 amide bonds. The highest BCUT2D eigenvalue weighted by Crippen LogP contribution is 2.20. The number of anilines is 1. The van der Waals surface area contributed by atoms with Gasteiger partial charge in [0.25, 0.3) is 5.91 Å². The third-order valence-electron chi connectivity index (χ3n) is 2.78. The lowest BCUT2D eigenvalue weighted by atomic mass is 10.2. The number of nitrogens with one attached hydrogen (secondary N) is 1. The van der Waals surface area contributed by atoms with Crippen molar-refractivity contribution in [3.63, 3.8) is 0 Å². The van der Waals surface area contributed by atoms with E-state index in [4.69, 9.17) is 4.74 Å². The molecule has 2 rings (SSSR count). The van der Waals surface area contributed by atoms with Crippen LogP contribution in [0.4, 0.5) is 5.69 Å². The maximum atomic E-state index is 12.2. The molecule has 2 aromatic carbocycles. The number of hydrogen-bond donors (Lipinski definition) is 1. The van der Waals surface area contributed by atoms with E-state index in [0.717, 1.165) is 0 Å². The van der Waals surface area contributed by atoms with Crippen molar-refractivity contribution >= 4 is 22.4 Å². The van der Waals surface area contributed by atoms with Crippen LogP contribution in [0, 0.1) is 0 Å². The van der Waals surface area contributed by atoms with Gasteiger partial charge in [0.15, 0.2) is 0 Å². The van der Waals surface area contributed by atoms with Crippen LogP contribution in [0.3, 0.4) is 0 Å². The number of carbonyl (C=O) groups excluding carboxylic acids is 1. The summed E-state index contributed by atoms with van der Waals surface area (Å²) >= 11 is 0. The van der Waals surface area contributed by atoms with Crippen LogP contribution in [0.25, 0.3) is 0 Å². The molecule has 0 saturated carbocycles. The maximum Gasteiger partial charge on any atom is 0.259 e. The molecule has 104 valence electrons. The molecule has 0 bridgehead atoms. The summed E-state index contributed by atoms with van der Waals surface area (Å²) in [6.07, 6.45) is 1.60. The molecule has 1 N–H and O–H groups in total. The molecule has 1 atom stereocenters. The highest BCUT2D eigenvalue weighted by atomic mass is 32.2. The second-order valence-electron chi connectivity index (χ2n) is 4.14. The predicted octanol–water partition coefficient (Wildman–Crippen LogP) is 2.68. The minimum atomic E-state index is -1.08. The van der Waals surface area contributed by atoms with Crippen molar-refractivity contribution in [2.75, 3.05) is 18.7 Å². The molecule has 0 aliphatic carbocycles. The maximum absolute atomic E-state index is 12.2. The number of methoxy groups -OCH3 is 1. The Morgan fingerprint density at radius 1 is 1.15 bits per heavy atom. The summed E-state index contributed by atoms with van der Waals surface area (Å²) in [5, 5.41) is 2.77. The molecule has 0 aromatic heterocycles. The third-order valence-corrected chi connectivity index (χ3v) is 3.69. The topological polar surface area (TPSA) is 55.4 Å². The molecule has 0 unspecified atom stereocenters. The molecular weight excluding hydrogens is 274 g/mol. The average Bonchev–Trinajstić information content (AvgIpc) is 2.47. The number of amides is 1. The normalized spacial score (nSPS) is 11.7. The summed E-state index contributed by atoms with van der Waals surface area (Å²) in [7, 11) is 0.440. The quantitative estimate of drug-likeness (QED) is 0.941. The number of hydrogen-bond acceptors (Lipinski definition) is 3. The Balaban J connectivity index is 2.23. The average molecular weight is 289 g/mol. The van der Waals surface area contributed by atoms with Crippen LogP contribution in [-0.2, 0) is 10.8 Å². The molecule has 0 radical (unpaired) electrons. The highest BCUT2D eigenvalue weighted by Gasteiger charge is 2.11. The highest BCUT2D eigenvalue weighted by molar-refractivity contribution is 7.84. The standard InChI is InChI=1S/C15H15NO3S/c1-19-14-9-4-3-8-13(14)15(17)16-11-6-5-7-12(10-11)20(2)18/h3-10H,1-2H3,(H,16,17)/t20-/m0/s1. The number of rotatable bonds is 4. The fourth-order valence-corrected chi connectivity index (χ4v) is 2.35. The summed E-state index contributed by atoms with van der Waals surface area (Å²) in [4.78, 5) is 12.9. The molecule has 0 fully saturated rings. The monoisotopic (exact) mass is 289 g/mol. The molecule has 0 aliphatic heterocycles. The fourth-order valence-electron chi connectivity index (χ4n) is 1.78. The van der Waals surface area contributed by atoms with Gasteiger partial charge >= 0.3 is 0 Å². The third kappa shape index (κ3) is 3.24. The molecule has 20 heavy (non-hydrogen) atoms. The van der Waals surface area contributed by atoms with E-state index in [1.807, 2.05) is 0 Å². The first-order valence-electron chi connectivity index (χ1n) is 5.99. The van der Waals surface area contributed by atoms with Crippen LogP contribution in [0.2, 0.25) is 0 Å². The minimum Gasteiger partial charge on any atom is -0.496 e. The molecule has 2 aromatic rings. The summed E-state index contributed by atoms with van der Waals surface area (Å²) in [6, 6.07) is 14.0. The molecule has 4 nitrogen and oxygen atoms in total. The van der Waals surface area contributed by atoms with Gasteiger partial charge in [0.2, 0.25) is 0 Å². The van der Waals surface area contributed by atoms with Gasteiger partial charge in [-0.1, -0.05) is 18.2 Å². The van der Waals surface area contributed by atoms with Crippen molar-refractivity contribution in [1.29, 1.82) is 0 Å². The number of para-hydroxylation sites is 1. The van der Waals surface area contributed by atoms with Crippen molar-refractivity contribution < 1.29 is 13.7 Å². The zero-order chi connectivity index (χ0) is 14.5. The summed E-state index contributed by atoms with van der Waals surface area (Å²) in [5.41, 5.74) is 1.06. The van der Waals surface area contributed by atoms with E-state index >= 15 is 0 Å². The lowest BCUT2D eigenvalue weighted by Gasteiger charge is -2.09. The van der Waals surface area contributed by atoms with Gasteiger partial charge in [0, 0.05) is 27.6 Å². The Morgan fingerprint density at radius 3 is 2.60 bits per heavy atom. The lowest BCUT2D eigenvalue weighted by Crippen LogP contribution is -2.13. The zero-order valence-corrected chi connectivity index (χ0v) is 12.1. The van der Waals surface area contributed by atoms with Crippen molar-refractivity contribution in [3.05, 3.63) is 54.1 Å². The van der Waals surface area contributed by atoms with Gasteiger partial charge in [-0.25, -0.2) is 0 Å². The Labute approximate surface area is 120 Å². The predicted molar refractivity (Wildman–Crippen MR) is 79.7 cm³/mol. The van der Waals surface area contributed by atoms with E-state index in [1.165, 1.54) is 7.11 Å². The van der Waals surface area contributed by atoms with E-state index in [0.29, 0.717) is 21.9 Å². The van der Waals surface area contributed by atoms with Crippen LogP contribution in [0.15, 0.2) is 53.4 Å². The number of benzene rings is 2. The summed E-state index contributed by atoms with van der Waals surface area (Å²) < 4.78 is 16.6. The van der Waals surface area contributed by atoms with Crippen LogP contribution in [0.1, 0.15) is 10.4 Å². The van der Waals surface area contributed by atoms with Crippen LogP contribution < -0.4 is 10.1 Å². The van der Waals surface area contributed by atoms with Gasteiger partial charge in [-0.3, -0.25) is 9.00 Å². The number of carbonyl (C=O) groups is 1. The van der Waals surface area contributed by atoms with Crippen molar-refractivity contribution in [2.45, 2.75) is 4.90 Å². The molecule has 0 spiro atoms. The first-order valence-corrected chi connectivity index (χ1v) is 7.55. The Bertz CT molecular complexity index is 655. The van der Waals surface area contributed by atoms with E-state index in [1.54, 1.807) is 54.8 Å². The van der Waals surface area contributed by atoms with E-state index in [-0.39, 0.29) is 5.91 Å². The van der Waals surface area contributed by atoms with Crippen molar-refractivity contribution in [1.82, 2.24) is 0 Å². The van der Waals surface area contributed by atoms with Gasteiger partial charge in [-0.2, -0.15) is 0 Å². The van der Waals surface area contributed by atoms with Gasteiger partial charge in [0.1, 0.15) is 5.75 Å². The SMILES string of the molecule is COc1ccccc1C(=O)Nc1cccc([S@](C)=O)c1. The Hall–Kier alpha value is -2.14. The summed E-state index contributed by atoms with van der Waals surface area (Å²) in [6.45, 7) is 0. The van der Waals surface area contributed by atoms with Crippen LogP contribution >= 0.6 is 0 Å². The van der Waals surface area contributed by atoms with Gasteiger partial charge < -0.3 is 10.1 Å². The summed E-state index contributed by atoms with van der Waals surface area (Å²) in [5.74, 6) is 0.252. The molecule has 5 heteroatoms. The molecule has 0 aliphatic rings. The Kier molecular flexibility index (Phi) is 4.53.